The quantitative estimate of drug-likeness (QED) is 0.655. The SMILES string of the molecule is CCn1nccc1C(=O)N1CC(Oc2ccc(-c3noc(C4CC4)n3)cc2)C1. The van der Waals surface area contributed by atoms with Gasteiger partial charge >= 0.3 is 0 Å². The Labute approximate surface area is 162 Å². The van der Waals surface area contributed by atoms with Crippen LogP contribution in [0.1, 0.15) is 42.1 Å². The van der Waals surface area contributed by atoms with Crippen LogP contribution in [0, 0.1) is 0 Å². The minimum Gasteiger partial charge on any atom is -0.487 e. The number of hydrogen-bond donors (Lipinski definition) is 0. The smallest absolute Gasteiger partial charge is 0.272 e. The Hall–Kier alpha value is -3.16. The van der Waals surface area contributed by atoms with Gasteiger partial charge in [0.15, 0.2) is 0 Å². The van der Waals surface area contributed by atoms with Crippen molar-refractivity contribution in [3.8, 4) is 17.1 Å². The van der Waals surface area contributed by atoms with Crippen molar-refractivity contribution >= 4 is 5.91 Å². The maximum absolute atomic E-state index is 12.5. The van der Waals surface area contributed by atoms with E-state index < -0.39 is 0 Å². The van der Waals surface area contributed by atoms with Crippen LogP contribution in [0.3, 0.4) is 0 Å². The molecular weight excluding hydrogens is 358 g/mol. The fraction of sp³-hybridized carbons (Fsp3) is 0.400. The number of aromatic nitrogens is 4. The molecule has 1 saturated carbocycles. The molecule has 1 amide bonds. The van der Waals surface area contributed by atoms with Crippen LogP contribution in [0.25, 0.3) is 11.4 Å². The van der Waals surface area contributed by atoms with Crippen LogP contribution in [-0.4, -0.2) is 49.9 Å². The number of amides is 1. The molecule has 0 radical (unpaired) electrons. The number of benzene rings is 1. The Bertz CT molecular complexity index is 983. The van der Waals surface area contributed by atoms with E-state index in [1.807, 2.05) is 31.2 Å². The molecule has 8 nitrogen and oxygen atoms in total. The highest BCUT2D eigenvalue weighted by Crippen LogP contribution is 2.39. The van der Waals surface area contributed by atoms with Crippen molar-refractivity contribution in [1.29, 1.82) is 0 Å². The Morgan fingerprint density at radius 1 is 1.21 bits per heavy atom. The fourth-order valence-electron chi connectivity index (χ4n) is 3.33. The molecule has 1 saturated heterocycles. The topological polar surface area (TPSA) is 86.3 Å². The van der Waals surface area contributed by atoms with Gasteiger partial charge in [-0.25, -0.2) is 0 Å². The van der Waals surface area contributed by atoms with Crippen molar-refractivity contribution in [3.05, 3.63) is 48.1 Å². The van der Waals surface area contributed by atoms with Gasteiger partial charge < -0.3 is 14.2 Å². The Morgan fingerprint density at radius 3 is 2.71 bits per heavy atom. The van der Waals surface area contributed by atoms with Crippen LogP contribution in [-0.2, 0) is 6.54 Å². The normalized spacial score (nSPS) is 16.8. The van der Waals surface area contributed by atoms with E-state index in [2.05, 4.69) is 15.2 Å². The van der Waals surface area contributed by atoms with Crippen LogP contribution in [0.2, 0.25) is 0 Å². The van der Waals surface area contributed by atoms with E-state index >= 15 is 0 Å². The lowest BCUT2D eigenvalue weighted by molar-refractivity contribution is 0.0169. The molecule has 0 spiro atoms. The lowest BCUT2D eigenvalue weighted by Gasteiger charge is -2.38. The fourth-order valence-corrected chi connectivity index (χ4v) is 3.33. The summed E-state index contributed by atoms with van der Waals surface area (Å²) in [5.41, 5.74) is 1.53. The second kappa shape index (κ2) is 6.78. The summed E-state index contributed by atoms with van der Waals surface area (Å²) in [5, 5.41) is 8.21. The highest BCUT2D eigenvalue weighted by atomic mass is 16.5. The van der Waals surface area contributed by atoms with Gasteiger partial charge in [0.2, 0.25) is 11.7 Å². The molecule has 8 heteroatoms. The van der Waals surface area contributed by atoms with Crippen molar-refractivity contribution in [2.45, 2.75) is 38.3 Å². The summed E-state index contributed by atoms with van der Waals surface area (Å²) in [5.74, 6) is 2.56. The Morgan fingerprint density at radius 2 is 2.00 bits per heavy atom. The Balaban J connectivity index is 1.17. The summed E-state index contributed by atoms with van der Waals surface area (Å²) in [6.07, 6.45) is 3.93. The summed E-state index contributed by atoms with van der Waals surface area (Å²) in [6.45, 7) is 3.80. The first-order chi connectivity index (χ1) is 13.7. The number of ether oxygens (including phenoxy) is 1. The highest BCUT2D eigenvalue weighted by Gasteiger charge is 2.34. The van der Waals surface area contributed by atoms with E-state index in [4.69, 9.17) is 9.26 Å². The van der Waals surface area contributed by atoms with Gasteiger partial charge in [0, 0.05) is 24.2 Å². The van der Waals surface area contributed by atoms with Crippen LogP contribution < -0.4 is 4.74 Å². The van der Waals surface area contributed by atoms with Crippen molar-refractivity contribution in [1.82, 2.24) is 24.8 Å². The largest absolute Gasteiger partial charge is 0.487 e. The molecule has 1 aromatic carbocycles. The predicted octanol–water partition coefficient (Wildman–Crippen LogP) is 2.73. The second-order valence-electron chi connectivity index (χ2n) is 7.24. The van der Waals surface area contributed by atoms with Crippen molar-refractivity contribution in [2.75, 3.05) is 13.1 Å². The number of aryl methyl sites for hydroxylation is 1. The molecule has 28 heavy (non-hydrogen) atoms. The zero-order valence-corrected chi connectivity index (χ0v) is 15.6. The molecule has 2 aromatic heterocycles. The van der Waals surface area contributed by atoms with Gasteiger partial charge in [0.25, 0.3) is 5.91 Å². The maximum atomic E-state index is 12.5. The van der Waals surface area contributed by atoms with E-state index in [9.17, 15) is 4.79 Å². The van der Waals surface area contributed by atoms with E-state index in [0.29, 0.717) is 37.1 Å². The first-order valence-corrected chi connectivity index (χ1v) is 9.63. The molecule has 0 bridgehead atoms. The first-order valence-electron chi connectivity index (χ1n) is 9.63. The zero-order valence-electron chi connectivity index (χ0n) is 15.6. The molecule has 144 valence electrons. The number of hydrogen-bond acceptors (Lipinski definition) is 6. The monoisotopic (exact) mass is 379 g/mol. The number of likely N-dealkylation sites (tertiary alicyclic amines) is 1. The van der Waals surface area contributed by atoms with Crippen LogP contribution in [0.4, 0.5) is 0 Å². The lowest BCUT2D eigenvalue weighted by atomic mass is 10.1. The predicted molar refractivity (Wildman–Crippen MR) is 99.9 cm³/mol. The third-order valence-electron chi connectivity index (χ3n) is 5.15. The summed E-state index contributed by atoms with van der Waals surface area (Å²) < 4.78 is 13.0. The molecule has 5 rings (SSSR count). The number of rotatable bonds is 6. The van der Waals surface area contributed by atoms with Crippen molar-refractivity contribution in [3.63, 3.8) is 0 Å². The van der Waals surface area contributed by atoms with E-state index in [1.54, 1.807) is 21.8 Å². The summed E-state index contributed by atoms with van der Waals surface area (Å²) >= 11 is 0. The molecule has 3 aromatic rings. The number of carbonyl (C=O) groups is 1. The molecule has 2 fully saturated rings. The molecule has 2 aliphatic rings. The molecule has 0 N–H and O–H groups in total. The standard InChI is InChI=1S/C20H21N5O3/c1-2-25-17(9-10-21-25)20(26)24-11-16(12-24)27-15-7-5-13(6-8-15)18-22-19(28-23-18)14-3-4-14/h5-10,14,16H,2-4,11-12H2,1H3. The third-order valence-corrected chi connectivity index (χ3v) is 5.15. The van der Waals surface area contributed by atoms with Gasteiger partial charge in [-0.2, -0.15) is 10.1 Å². The number of nitrogens with zero attached hydrogens (tertiary/aromatic N) is 5. The zero-order chi connectivity index (χ0) is 19.1. The highest BCUT2D eigenvalue weighted by molar-refractivity contribution is 5.93. The van der Waals surface area contributed by atoms with Crippen LogP contribution in [0.5, 0.6) is 5.75 Å². The van der Waals surface area contributed by atoms with Gasteiger partial charge in [0.05, 0.1) is 13.1 Å². The third kappa shape index (κ3) is 3.15. The molecule has 3 heterocycles. The minimum absolute atomic E-state index is 0.000516. The van der Waals surface area contributed by atoms with E-state index in [-0.39, 0.29) is 12.0 Å². The van der Waals surface area contributed by atoms with E-state index in [1.165, 1.54) is 0 Å². The summed E-state index contributed by atoms with van der Waals surface area (Å²) in [6, 6.07) is 9.42. The van der Waals surface area contributed by atoms with E-state index in [0.717, 1.165) is 30.0 Å². The molecule has 1 aliphatic heterocycles. The van der Waals surface area contributed by atoms with Gasteiger partial charge in [-0.05, 0) is 50.1 Å². The number of carbonyl (C=O) groups excluding carboxylic acids is 1. The van der Waals surface area contributed by atoms with Crippen molar-refractivity contribution in [2.24, 2.45) is 0 Å². The molecule has 0 atom stereocenters. The average Bonchev–Trinajstić information content (AvgIpc) is 3.23. The second-order valence-corrected chi connectivity index (χ2v) is 7.24. The minimum atomic E-state index is -0.00174. The summed E-state index contributed by atoms with van der Waals surface area (Å²) in [7, 11) is 0. The average molecular weight is 379 g/mol. The van der Waals surface area contributed by atoms with Gasteiger partial charge in [-0.1, -0.05) is 5.16 Å². The first kappa shape index (κ1) is 17.0. The Kier molecular flexibility index (Phi) is 4.11. The maximum Gasteiger partial charge on any atom is 0.272 e. The van der Waals surface area contributed by atoms with Crippen LogP contribution in [0.15, 0.2) is 41.1 Å². The van der Waals surface area contributed by atoms with Gasteiger partial charge in [-0.15, -0.1) is 0 Å². The molecule has 1 aliphatic carbocycles. The summed E-state index contributed by atoms with van der Waals surface area (Å²) in [4.78, 5) is 18.7. The van der Waals surface area contributed by atoms with Crippen LogP contribution >= 0.6 is 0 Å². The van der Waals surface area contributed by atoms with Gasteiger partial charge in [-0.3, -0.25) is 9.48 Å². The van der Waals surface area contributed by atoms with Crippen molar-refractivity contribution < 1.29 is 14.1 Å². The lowest BCUT2D eigenvalue weighted by Crippen LogP contribution is -2.56. The molecular formula is C20H21N5O3. The molecule has 0 unspecified atom stereocenters. The van der Waals surface area contributed by atoms with Gasteiger partial charge in [0.1, 0.15) is 17.5 Å².